The maximum Gasteiger partial charge on any atom is 0.409 e. The summed E-state index contributed by atoms with van der Waals surface area (Å²) in [5.41, 5.74) is 11.9. The minimum atomic E-state index is -1.25. The van der Waals surface area contributed by atoms with E-state index in [0.29, 0.717) is 0 Å². The Hall–Kier alpha value is -4.06. The Balaban J connectivity index is 1.99. The summed E-state index contributed by atoms with van der Waals surface area (Å²) in [7, 11) is 0. The predicted molar refractivity (Wildman–Crippen MR) is 115 cm³/mol. The van der Waals surface area contributed by atoms with E-state index >= 15 is 0 Å². The topological polar surface area (TPSA) is 152 Å². The van der Waals surface area contributed by atoms with Crippen LogP contribution in [0.4, 0.5) is 35.9 Å². The van der Waals surface area contributed by atoms with Crippen LogP contribution < -0.4 is 21.7 Å². The Morgan fingerprint density at radius 2 is 1.78 bits per heavy atom. The van der Waals surface area contributed by atoms with Gasteiger partial charge in [0, 0.05) is 23.0 Å². The van der Waals surface area contributed by atoms with E-state index in [-0.39, 0.29) is 32.8 Å². The van der Waals surface area contributed by atoms with Crippen molar-refractivity contribution in [2.45, 2.75) is 13.0 Å². The minimum absolute atomic E-state index is 0.0446. The molecular formula is C20H17F2N5O4S. The Kier molecular flexibility index (Phi) is 6.35. The fourth-order valence-corrected chi connectivity index (χ4v) is 3.86. The zero-order chi connectivity index (χ0) is 23.6. The number of rotatable bonds is 7. The van der Waals surface area contributed by atoms with Crippen LogP contribution in [-0.4, -0.2) is 33.9 Å². The van der Waals surface area contributed by atoms with Crippen molar-refractivity contribution in [3.8, 4) is 0 Å². The van der Waals surface area contributed by atoms with Gasteiger partial charge in [-0.05, 0) is 43.3 Å². The summed E-state index contributed by atoms with van der Waals surface area (Å²) in [5, 5.41) is 11.0. The van der Waals surface area contributed by atoms with E-state index in [2.05, 4.69) is 10.3 Å². The van der Waals surface area contributed by atoms with Gasteiger partial charge in [-0.15, -0.1) is 0 Å². The summed E-state index contributed by atoms with van der Waals surface area (Å²) in [5.74, 6) is -3.61. The Labute approximate surface area is 184 Å². The van der Waals surface area contributed by atoms with E-state index in [1.807, 2.05) is 0 Å². The summed E-state index contributed by atoms with van der Waals surface area (Å²) >= 11 is 0.843. The van der Waals surface area contributed by atoms with E-state index < -0.39 is 35.5 Å². The first-order valence-corrected chi connectivity index (χ1v) is 9.84. The maximum absolute atomic E-state index is 13.8. The van der Waals surface area contributed by atoms with Crippen LogP contribution in [0.3, 0.4) is 0 Å². The number of ketones is 1. The molecular weight excluding hydrogens is 444 g/mol. The molecule has 1 aromatic heterocycles. The number of nitrogen functional groups attached to an aromatic ring is 1. The van der Waals surface area contributed by atoms with Crippen LogP contribution >= 0.6 is 11.3 Å². The van der Waals surface area contributed by atoms with Crippen molar-refractivity contribution >= 4 is 51.4 Å². The molecule has 0 spiro atoms. The quantitative estimate of drug-likeness (QED) is 0.394. The van der Waals surface area contributed by atoms with Gasteiger partial charge >= 0.3 is 6.09 Å². The van der Waals surface area contributed by atoms with Gasteiger partial charge in [0.05, 0.1) is 0 Å². The standard InChI is InChI=1S/C20H17F2N5O4S/c1-9(18(24)29)27(12-6-7-13(21)14(22)8-12)19-26-17(23)16(32-19)15(28)10-2-4-11(5-3-10)25-20(30)31/h2-9,25H,23H2,1H3,(H2,24,29)(H,30,31). The molecule has 3 aromatic rings. The molecule has 3 rings (SSSR count). The Morgan fingerprint density at radius 1 is 1.12 bits per heavy atom. The lowest BCUT2D eigenvalue weighted by Gasteiger charge is -2.26. The highest BCUT2D eigenvalue weighted by molar-refractivity contribution is 7.18. The van der Waals surface area contributed by atoms with E-state index in [4.69, 9.17) is 16.6 Å². The number of carboxylic acid groups (broad SMARTS) is 1. The van der Waals surface area contributed by atoms with Crippen molar-refractivity contribution in [1.82, 2.24) is 4.98 Å². The zero-order valence-corrected chi connectivity index (χ0v) is 17.3. The molecule has 2 amide bonds. The van der Waals surface area contributed by atoms with Crippen LogP contribution in [0.25, 0.3) is 0 Å². The van der Waals surface area contributed by atoms with Crippen LogP contribution in [0, 0.1) is 11.6 Å². The molecule has 12 heteroatoms. The molecule has 0 radical (unpaired) electrons. The predicted octanol–water partition coefficient (Wildman–Crippen LogP) is 3.34. The average Bonchev–Trinajstić information content (AvgIpc) is 3.11. The zero-order valence-electron chi connectivity index (χ0n) is 16.5. The largest absolute Gasteiger partial charge is 0.465 e. The van der Waals surface area contributed by atoms with E-state index in [0.717, 1.165) is 23.5 Å². The molecule has 1 atom stereocenters. The second kappa shape index (κ2) is 8.98. The van der Waals surface area contributed by atoms with Crippen LogP contribution in [0.1, 0.15) is 22.2 Å². The number of anilines is 4. The van der Waals surface area contributed by atoms with Crippen molar-refractivity contribution in [2.75, 3.05) is 16.0 Å². The number of hydrogen-bond acceptors (Lipinski definition) is 7. The van der Waals surface area contributed by atoms with Crippen molar-refractivity contribution < 1.29 is 28.3 Å². The van der Waals surface area contributed by atoms with E-state index in [9.17, 15) is 23.2 Å². The first-order chi connectivity index (χ1) is 15.1. The molecule has 0 bridgehead atoms. The SMILES string of the molecule is CC(C(N)=O)N(c1ccc(F)c(F)c1)c1nc(N)c(C(=O)c2ccc(NC(=O)O)cc2)s1. The van der Waals surface area contributed by atoms with Crippen LogP contribution in [0.5, 0.6) is 0 Å². The highest BCUT2D eigenvalue weighted by Crippen LogP contribution is 2.36. The summed E-state index contributed by atoms with van der Waals surface area (Å²) in [6.45, 7) is 1.44. The average molecular weight is 461 g/mol. The molecule has 9 nitrogen and oxygen atoms in total. The van der Waals surface area contributed by atoms with Gasteiger partial charge in [0.15, 0.2) is 16.8 Å². The molecule has 0 aliphatic carbocycles. The van der Waals surface area contributed by atoms with Gasteiger partial charge in [-0.2, -0.15) is 0 Å². The van der Waals surface area contributed by atoms with E-state index in [1.165, 1.54) is 42.2 Å². The third-order valence-corrected chi connectivity index (χ3v) is 5.50. The number of amides is 2. The lowest BCUT2D eigenvalue weighted by Crippen LogP contribution is -2.40. The number of nitrogens with zero attached hydrogens (tertiary/aromatic N) is 2. The maximum atomic E-state index is 13.8. The molecule has 32 heavy (non-hydrogen) atoms. The smallest absolute Gasteiger partial charge is 0.409 e. The summed E-state index contributed by atoms with van der Waals surface area (Å²) in [6.07, 6.45) is -1.25. The number of aromatic nitrogens is 1. The molecule has 1 unspecified atom stereocenters. The molecule has 1 heterocycles. The molecule has 166 valence electrons. The first kappa shape index (κ1) is 22.6. The lowest BCUT2D eigenvalue weighted by atomic mass is 10.1. The molecule has 0 aliphatic heterocycles. The minimum Gasteiger partial charge on any atom is -0.465 e. The van der Waals surface area contributed by atoms with Gasteiger partial charge in [0.25, 0.3) is 0 Å². The second-order valence-corrected chi connectivity index (χ2v) is 7.57. The Morgan fingerprint density at radius 3 is 2.34 bits per heavy atom. The normalized spacial score (nSPS) is 11.6. The van der Waals surface area contributed by atoms with Gasteiger partial charge in [0.1, 0.15) is 16.7 Å². The summed E-state index contributed by atoms with van der Waals surface area (Å²) in [6, 6.07) is 7.62. The monoisotopic (exact) mass is 461 g/mol. The fraction of sp³-hybridized carbons (Fsp3) is 0.100. The van der Waals surface area contributed by atoms with Crippen molar-refractivity contribution in [3.63, 3.8) is 0 Å². The van der Waals surface area contributed by atoms with E-state index in [1.54, 1.807) is 0 Å². The first-order valence-electron chi connectivity index (χ1n) is 9.03. The number of halogens is 2. The number of carbonyl (C=O) groups is 3. The number of hydrogen-bond donors (Lipinski definition) is 4. The highest BCUT2D eigenvalue weighted by Gasteiger charge is 2.28. The molecule has 0 aliphatic rings. The molecule has 0 fully saturated rings. The van der Waals surface area contributed by atoms with Gasteiger partial charge in [-0.25, -0.2) is 18.6 Å². The Bertz CT molecular complexity index is 1200. The number of thiazole rings is 1. The second-order valence-electron chi connectivity index (χ2n) is 6.59. The molecule has 0 saturated heterocycles. The van der Waals surface area contributed by atoms with Gasteiger partial charge < -0.3 is 21.5 Å². The number of primary amides is 1. The molecule has 6 N–H and O–H groups in total. The molecule has 0 saturated carbocycles. The summed E-state index contributed by atoms with van der Waals surface area (Å²) in [4.78, 5) is 40.9. The van der Waals surface area contributed by atoms with Crippen molar-refractivity contribution in [3.05, 3.63) is 64.5 Å². The summed E-state index contributed by atoms with van der Waals surface area (Å²) < 4.78 is 27.2. The van der Waals surface area contributed by atoms with Gasteiger partial charge in [-0.1, -0.05) is 11.3 Å². The van der Waals surface area contributed by atoms with Gasteiger partial charge in [-0.3, -0.25) is 14.9 Å². The number of benzene rings is 2. The fourth-order valence-electron chi connectivity index (χ4n) is 2.81. The van der Waals surface area contributed by atoms with Crippen LogP contribution in [0.15, 0.2) is 42.5 Å². The van der Waals surface area contributed by atoms with Crippen molar-refractivity contribution in [2.24, 2.45) is 5.73 Å². The van der Waals surface area contributed by atoms with Gasteiger partial charge in [0.2, 0.25) is 11.7 Å². The molecule has 2 aromatic carbocycles. The van der Waals surface area contributed by atoms with Crippen molar-refractivity contribution in [1.29, 1.82) is 0 Å². The third kappa shape index (κ3) is 4.64. The highest BCUT2D eigenvalue weighted by atomic mass is 32.1. The number of carbonyl (C=O) groups excluding carboxylic acids is 2. The lowest BCUT2D eigenvalue weighted by molar-refractivity contribution is -0.118. The third-order valence-electron chi connectivity index (χ3n) is 4.43. The number of nitrogens with two attached hydrogens (primary N) is 2. The number of nitrogens with one attached hydrogen (secondary N) is 1. The van der Waals surface area contributed by atoms with Crippen LogP contribution in [-0.2, 0) is 4.79 Å². The van der Waals surface area contributed by atoms with Crippen LogP contribution in [0.2, 0.25) is 0 Å².